The van der Waals surface area contributed by atoms with Crippen LogP contribution in [0, 0.1) is 3.57 Å². The zero-order valence-electron chi connectivity index (χ0n) is 6.65. The van der Waals surface area contributed by atoms with Crippen LogP contribution in [0.2, 0.25) is 0 Å². The highest BCUT2D eigenvalue weighted by Crippen LogP contribution is 2.28. The molecule has 1 aromatic carbocycles. The van der Waals surface area contributed by atoms with Gasteiger partial charge in [-0.15, -0.1) is 0 Å². The fourth-order valence-electron chi connectivity index (χ4n) is 0.712. The van der Waals surface area contributed by atoms with Crippen LogP contribution in [0.3, 0.4) is 0 Å². The summed E-state index contributed by atoms with van der Waals surface area (Å²) in [6.45, 7) is 0. The van der Waals surface area contributed by atoms with Crippen LogP contribution >= 0.6 is 45.8 Å². The van der Waals surface area contributed by atoms with E-state index in [9.17, 15) is 8.78 Å². The van der Waals surface area contributed by atoms with E-state index >= 15 is 0 Å². The second-order valence-corrected chi connectivity index (χ2v) is 4.35. The largest absolute Gasteiger partial charge is 0.375 e. The Morgan fingerprint density at radius 1 is 1.36 bits per heavy atom. The fourth-order valence-corrected chi connectivity index (χ4v) is 1.35. The Labute approximate surface area is 103 Å². The molecule has 0 bridgehead atoms. The molecule has 1 aromatic rings. The van der Waals surface area contributed by atoms with Gasteiger partial charge >= 0.3 is 5.38 Å². The zero-order valence-corrected chi connectivity index (χ0v) is 10.3. The van der Waals surface area contributed by atoms with Crippen molar-refractivity contribution in [1.82, 2.24) is 0 Å². The lowest BCUT2D eigenvalue weighted by Gasteiger charge is -2.05. The molecule has 0 heterocycles. The predicted molar refractivity (Wildman–Crippen MR) is 62.9 cm³/mol. The van der Waals surface area contributed by atoms with E-state index in [4.69, 9.17) is 11.6 Å². The predicted octanol–water partition coefficient (Wildman–Crippen LogP) is 4.39. The molecule has 14 heavy (non-hydrogen) atoms. The molecule has 0 aliphatic heterocycles. The maximum Gasteiger partial charge on any atom is 0.375 e. The Bertz CT molecular complexity index is 363. The Hall–Kier alpha value is 0.0600. The Morgan fingerprint density at radius 2 is 1.93 bits per heavy atom. The smallest absolute Gasteiger partial charge is 0.233 e. The number of rotatable bonds is 2. The molecule has 1 rings (SSSR count). The lowest BCUT2D eigenvalue weighted by Crippen LogP contribution is -2.15. The van der Waals surface area contributed by atoms with Crippen molar-refractivity contribution in [3.05, 3.63) is 27.8 Å². The van der Waals surface area contributed by atoms with Crippen LogP contribution in [0.1, 0.15) is 0 Å². The first-order chi connectivity index (χ1) is 6.41. The third-order valence-corrected chi connectivity index (χ3v) is 2.81. The van der Waals surface area contributed by atoms with Crippen molar-refractivity contribution in [2.75, 3.05) is 0 Å². The standard InChI is InChI=1S/C8H4Cl2F2IN/c9-7(8(10,11)12)14-6-4-2-1-3-5(6)13/h1-4H. The third-order valence-electron chi connectivity index (χ3n) is 1.30. The molecule has 0 saturated carbocycles. The van der Waals surface area contributed by atoms with Crippen LogP contribution in [0.4, 0.5) is 14.5 Å². The van der Waals surface area contributed by atoms with Gasteiger partial charge in [-0.05, 0) is 46.3 Å². The first kappa shape index (κ1) is 12.1. The van der Waals surface area contributed by atoms with Gasteiger partial charge in [0.2, 0.25) is 0 Å². The van der Waals surface area contributed by atoms with Gasteiger partial charge in [0.25, 0.3) is 0 Å². The number of nitrogens with zero attached hydrogens (tertiary/aromatic N) is 1. The highest BCUT2D eigenvalue weighted by atomic mass is 127. The van der Waals surface area contributed by atoms with Crippen LogP contribution in [0.5, 0.6) is 0 Å². The van der Waals surface area contributed by atoms with Crippen molar-refractivity contribution in [3.63, 3.8) is 0 Å². The highest BCUT2D eigenvalue weighted by Gasteiger charge is 2.31. The van der Waals surface area contributed by atoms with Crippen molar-refractivity contribution in [1.29, 1.82) is 0 Å². The van der Waals surface area contributed by atoms with Gasteiger partial charge in [0, 0.05) is 3.57 Å². The maximum absolute atomic E-state index is 12.4. The molecular weight excluding hydrogens is 346 g/mol. The molecular formula is C8H4Cl2F2IN. The van der Waals surface area contributed by atoms with Crippen molar-refractivity contribution >= 4 is 56.7 Å². The van der Waals surface area contributed by atoms with Gasteiger partial charge in [-0.1, -0.05) is 23.7 Å². The minimum absolute atomic E-state index is 0.374. The molecule has 0 aliphatic carbocycles. The van der Waals surface area contributed by atoms with Crippen molar-refractivity contribution in [3.8, 4) is 0 Å². The maximum atomic E-state index is 12.4. The summed E-state index contributed by atoms with van der Waals surface area (Å²) in [7, 11) is 0. The average molecular weight is 350 g/mol. The summed E-state index contributed by atoms with van der Waals surface area (Å²) in [6.07, 6.45) is 0. The third kappa shape index (κ3) is 3.33. The second-order valence-electron chi connectivity index (χ2n) is 2.35. The molecule has 0 fully saturated rings. The van der Waals surface area contributed by atoms with E-state index in [0.717, 1.165) is 3.57 Å². The van der Waals surface area contributed by atoms with Crippen LogP contribution in [-0.2, 0) is 0 Å². The summed E-state index contributed by atoms with van der Waals surface area (Å²) in [5.74, 6) is 0. The summed E-state index contributed by atoms with van der Waals surface area (Å²) in [5, 5.41) is -4.54. The summed E-state index contributed by atoms with van der Waals surface area (Å²) in [4.78, 5) is 3.52. The van der Waals surface area contributed by atoms with E-state index in [1.54, 1.807) is 24.3 Å². The number of halogens is 5. The van der Waals surface area contributed by atoms with E-state index in [1.165, 1.54) is 0 Å². The van der Waals surface area contributed by atoms with Crippen molar-refractivity contribution < 1.29 is 8.78 Å². The number of alkyl halides is 3. The Morgan fingerprint density at radius 3 is 2.43 bits per heavy atom. The summed E-state index contributed by atoms with van der Waals surface area (Å²) in [5.41, 5.74) is 0.374. The molecule has 0 aliphatic rings. The van der Waals surface area contributed by atoms with Gasteiger partial charge in [-0.2, -0.15) is 8.78 Å². The number of benzene rings is 1. The molecule has 0 saturated heterocycles. The molecule has 0 unspecified atom stereocenters. The molecule has 1 nitrogen and oxygen atoms in total. The minimum Gasteiger partial charge on any atom is -0.233 e. The zero-order chi connectivity index (χ0) is 10.8. The van der Waals surface area contributed by atoms with Gasteiger partial charge in [-0.3, -0.25) is 0 Å². The SMILES string of the molecule is FC(F)(Cl)C(Cl)=Nc1ccccc1I. The normalized spacial score (nSPS) is 13.1. The molecule has 0 aromatic heterocycles. The van der Waals surface area contributed by atoms with Crippen molar-refractivity contribution in [2.24, 2.45) is 4.99 Å². The quantitative estimate of drug-likeness (QED) is 0.426. The minimum atomic E-state index is -3.61. The number of hydrogen-bond donors (Lipinski definition) is 0. The van der Waals surface area contributed by atoms with Crippen LogP contribution in [-0.4, -0.2) is 10.6 Å². The van der Waals surface area contributed by atoms with Crippen LogP contribution < -0.4 is 0 Å². The van der Waals surface area contributed by atoms with E-state index in [2.05, 4.69) is 16.6 Å². The molecule has 0 atom stereocenters. The Kier molecular flexibility index (Phi) is 4.09. The molecule has 0 radical (unpaired) electrons. The fraction of sp³-hybridized carbons (Fsp3) is 0.125. The van der Waals surface area contributed by atoms with Gasteiger partial charge in [0.1, 0.15) is 0 Å². The van der Waals surface area contributed by atoms with Gasteiger partial charge < -0.3 is 0 Å². The lowest BCUT2D eigenvalue weighted by atomic mass is 10.3. The Balaban J connectivity index is 3.04. The lowest BCUT2D eigenvalue weighted by molar-refractivity contribution is 0.179. The van der Waals surface area contributed by atoms with Crippen molar-refractivity contribution in [2.45, 2.75) is 5.38 Å². The number of para-hydroxylation sites is 1. The van der Waals surface area contributed by atoms with E-state index in [1.807, 2.05) is 22.6 Å². The van der Waals surface area contributed by atoms with Crippen LogP contribution in [0.15, 0.2) is 29.3 Å². The van der Waals surface area contributed by atoms with E-state index in [-0.39, 0.29) is 0 Å². The first-order valence-corrected chi connectivity index (χ1v) is 5.30. The summed E-state index contributed by atoms with van der Waals surface area (Å²) in [6, 6.07) is 6.76. The summed E-state index contributed by atoms with van der Waals surface area (Å²) >= 11 is 11.9. The summed E-state index contributed by atoms with van der Waals surface area (Å²) < 4.78 is 25.6. The first-order valence-electron chi connectivity index (χ1n) is 3.47. The van der Waals surface area contributed by atoms with E-state index < -0.39 is 10.6 Å². The average Bonchev–Trinajstić information content (AvgIpc) is 2.07. The number of hydrogen-bond acceptors (Lipinski definition) is 1. The topological polar surface area (TPSA) is 12.4 Å². The molecule has 76 valence electrons. The second kappa shape index (κ2) is 4.72. The molecule has 0 amide bonds. The van der Waals surface area contributed by atoms with Gasteiger partial charge in [-0.25, -0.2) is 4.99 Å². The van der Waals surface area contributed by atoms with E-state index in [0.29, 0.717) is 5.69 Å². The monoisotopic (exact) mass is 349 g/mol. The number of aliphatic imine (C=N–C) groups is 1. The molecule has 6 heteroatoms. The molecule has 0 N–H and O–H groups in total. The van der Waals surface area contributed by atoms with Gasteiger partial charge in [0.05, 0.1) is 5.69 Å². The van der Waals surface area contributed by atoms with Gasteiger partial charge in [0.15, 0.2) is 5.17 Å². The van der Waals surface area contributed by atoms with Crippen LogP contribution in [0.25, 0.3) is 0 Å². The molecule has 0 spiro atoms. The highest BCUT2D eigenvalue weighted by molar-refractivity contribution is 14.1.